The lowest BCUT2D eigenvalue weighted by Gasteiger charge is -2.38. The van der Waals surface area contributed by atoms with Gasteiger partial charge in [-0.1, -0.05) is 91.0 Å². The maximum Gasteiger partial charge on any atom is 0.121 e. The number of carboxylic acids is 1. The van der Waals surface area contributed by atoms with E-state index in [4.69, 9.17) is 0 Å². The first-order chi connectivity index (χ1) is 14.2. The number of benzene rings is 3. The van der Waals surface area contributed by atoms with Gasteiger partial charge in [-0.05, 0) is 23.1 Å². The summed E-state index contributed by atoms with van der Waals surface area (Å²) in [7, 11) is 0. The van der Waals surface area contributed by atoms with Gasteiger partial charge in [-0.25, -0.2) is 4.98 Å². The maximum absolute atomic E-state index is 11.1. The molecule has 1 aromatic heterocycles. The number of aryl methyl sites for hydroxylation is 1. The van der Waals surface area contributed by atoms with Crippen molar-refractivity contribution in [1.29, 1.82) is 0 Å². The van der Waals surface area contributed by atoms with Crippen molar-refractivity contribution < 1.29 is 9.90 Å². The Kier molecular flexibility index (Phi) is 5.25. The molecule has 0 fully saturated rings. The van der Waals surface area contributed by atoms with Crippen LogP contribution in [0.25, 0.3) is 0 Å². The van der Waals surface area contributed by atoms with Crippen molar-refractivity contribution >= 4 is 5.97 Å². The predicted octanol–water partition coefficient (Wildman–Crippen LogP) is 3.41. The Hall–Kier alpha value is -3.66. The van der Waals surface area contributed by atoms with E-state index in [1.807, 2.05) is 60.8 Å². The van der Waals surface area contributed by atoms with Crippen LogP contribution in [0.3, 0.4) is 0 Å². The van der Waals surface area contributed by atoms with Crippen molar-refractivity contribution in [1.82, 2.24) is 9.55 Å². The Labute approximate surface area is 170 Å². The van der Waals surface area contributed by atoms with Crippen LogP contribution in [0, 0.1) is 0 Å². The van der Waals surface area contributed by atoms with Crippen molar-refractivity contribution in [2.45, 2.75) is 18.4 Å². The standard InChI is InChI=1S/C25H22N2O2/c28-24(29)17-16-23-26-18-19-27(23)25(20-10-4-1-5-11-20,21-12-6-2-7-13-21)22-14-8-3-9-15-22/h1-15,18-19H,16-17H2,(H,28,29)/p-1. The normalized spacial score (nSPS) is 11.3. The van der Waals surface area contributed by atoms with Gasteiger partial charge in [0.25, 0.3) is 0 Å². The summed E-state index contributed by atoms with van der Waals surface area (Å²) in [6, 6.07) is 30.7. The molecule has 0 bridgehead atoms. The summed E-state index contributed by atoms with van der Waals surface area (Å²) >= 11 is 0. The Morgan fingerprint density at radius 1 is 0.793 bits per heavy atom. The third-order valence-electron chi connectivity index (χ3n) is 5.21. The first kappa shape index (κ1) is 18.7. The van der Waals surface area contributed by atoms with E-state index < -0.39 is 11.5 Å². The molecule has 29 heavy (non-hydrogen) atoms. The van der Waals surface area contributed by atoms with Crippen LogP contribution in [-0.4, -0.2) is 15.5 Å². The number of imidazole rings is 1. The third-order valence-corrected chi connectivity index (χ3v) is 5.21. The van der Waals surface area contributed by atoms with E-state index in [9.17, 15) is 9.90 Å². The molecular weight excluding hydrogens is 360 g/mol. The van der Waals surface area contributed by atoms with Gasteiger partial charge in [-0.3, -0.25) is 0 Å². The molecule has 0 atom stereocenters. The molecule has 0 aliphatic heterocycles. The molecule has 4 nitrogen and oxygen atoms in total. The molecule has 0 N–H and O–H groups in total. The number of carboxylic acid groups (broad SMARTS) is 1. The molecule has 144 valence electrons. The molecule has 0 radical (unpaired) electrons. The molecule has 4 rings (SSSR count). The summed E-state index contributed by atoms with van der Waals surface area (Å²) in [4.78, 5) is 15.6. The smallest absolute Gasteiger partial charge is 0.121 e. The zero-order valence-corrected chi connectivity index (χ0v) is 15.9. The first-order valence-electron chi connectivity index (χ1n) is 9.62. The average Bonchev–Trinajstić information content (AvgIpc) is 3.24. The van der Waals surface area contributed by atoms with E-state index in [-0.39, 0.29) is 6.42 Å². The summed E-state index contributed by atoms with van der Waals surface area (Å²) in [5, 5.41) is 11.1. The fourth-order valence-corrected chi connectivity index (χ4v) is 3.99. The minimum Gasteiger partial charge on any atom is -0.550 e. The van der Waals surface area contributed by atoms with Crippen LogP contribution in [0.5, 0.6) is 0 Å². The second kappa shape index (κ2) is 8.15. The average molecular weight is 381 g/mol. The minimum absolute atomic E-state index is 0.0779. The Balaban J connectivity index is 2.05. The van der Waals surface area contributed by atoms with Crippen molar-refractivity contribution in [3.63, 3.8) is 0 Å². The number of aliphatic carboxylic acids is 1. The van der Waals surface area contributed by atoms with E-state index in [0.717, 1.165) is 16.7 Å². The topological polar surface area (TPSA) is 57.9 Å². The van der Waals surface area contributed by atoms with E-state index in [2.05, 4.69) is 45.9 Å². The van der Waals surface area contributed by atoms with Crippen LogP contribution in [0.1, 0.15) is 28.9 Å². The molecule has 1 heterocycles. The van der Waals surface area contributed by atoms with Gasteiger partial charge < -0.3 is 14.5 Å². The number of aromatic nitrogens is 2. The highest BCUT2D eigenvalue weighted by Gasteiger charge is 2.39. The van der Waals surface area contributed by atoms with Crippen LogP contribution in [0.2, 0.25) is 0 Å². The zero-order chi connectivity index (χ0) is 20.1. The van der Waals surface area contributed by atoms with Crippen LogP contribution < -0.4 is 5.11 Å². The molecule has 0 unspecified atom stereocenters. The summed E-state index contributed by atoms with van der Waals surface area (Å²) < 4.78 is 2.09. The van der Waals surface area contributed by atoms with Crippen LogP contribution >= 0.6 is 0 Å². The lowest BCUT2D eigenvalue weighted by atomic mass is 9.76. The Morgan fingerprint density at radius 2 is 1.24 bits per heavy atom. The second-order valence-corrected chi connectivity index (χ2v) is 6.89. The van der Waals surface area contributed by atoms with Gasteiger partial charge in [0.1, 0.15) is 11.4 Å². The fraction of sp³-hybridized carbons (Fsp3) is 0.120. The SMILES string of the molecule is O=C([O-])CCc1nccn1C(c1ccccc1)(c1ccccc1)c1ccccc1. The molecular formula is C25H21N2O2-. The van der Waals surface area contributed by atoms with E-state index in [1.165, 1.54) is 0 Å². The van der Waals surface area contributed by atoms with Crippen molar-refractivity contribution in [3.8, 4) is 0 Å². The highest BCUT2D eigenvalue weighted by Crippen LogP contribution is 2.41. The molecule has 4 heteroatoms. The van der Waals surface area contributed by atoms with Gasteiger partial charge >= 0.3 is 0 Å². The van der Waals surface area contributed by atoms with Crippen molar-refractivity contribution in [2.24, 2.45) is 0 Å². The Bertz CT molecular complexity index is 977. The summed E-state index contributed by atoms with van der Waals surface area (Å²) in [5.41, 5.74) is 2.54. The lowest BCUT2D eigenvalue weighted by Crippen LogP contribution is -2.38. The molecule has 0 saturated carbocycles. The van der Waals surface area contributed by atoms with Crippen molar-refractivity contribution in [3.05, 3.63) is 126 Å². The maximum atomic E-state index is 11.1. The highest BCUT2D eigenvalue weighted by molar-refractivity contribution is 5.64. The number of rotatable bonds is 7. The van der Waals surface area contributed by atoms with Gasteiger partial charge in [0.2, 0.25) is 0 Å². The number of hydrogen-bond donors (Lipinski definition) is 0. The number of hydrogen-bond acceptors (Lipinski definition) is 3. The molecule has 0 amide bonds. The quantitative estimate of drug-likeness (QED) is 0.461. The predicted molar refractivity (Wildman–Crippen MR) is 110 cm³/mol. The molecule has 0 aliphatic rings. The van der Waals surface area contributed by atoms with Gasteiger partial charge in [0.05, 0.1) is 0 Å². The summed E-state index contributed by atoms with van der Waals surface area (Å²) in [6.07, 6.45) is 3.88. The van der Waals surface area contributed by atoms with E-state index in [1.54, 1.807) is 6.20 Å². The summed E-state index contributed by atoms with van der Waals surface area (Å²) in [6.45, 7) is 0. The Morgan fingerprint density at radius 3 is 1.66 bits per heavy atom. The molecule has 4 aromatic rings. The zero-order valence-electron chi connectivity index (χ0n) is 15.9. The van der Waals surface area contributed by atoms with E-state index >= 15 is 0 Å². The number of carbonyl (C=O) groups is 1. The second-order valence-electron chi connectivity index (χ2n) is 6.89. The minimum atomic E-state index is -1.08. The molecule has 0 spiro atoms. The number of nitrogens with zero attached hydrogens (tertiary/aromatic N) is 2. The highest BCUT2D eigenvalue weighted by atomic mass is 16.4. The van der Waals surface area contributed by atoms with Crippen LogP contribution in [0.4, 0.5) is 0 Å². The van der Waals surface area contributed by atoms with Gasteiger partial charge in [-0.15, -0.1) is 0 Å². The molecule has 0 aliphatic carbocycles. The molecule has 3 aromatic carbocycles. The third kappa shape index (κ3) is 3.45. The fourth-order valence-electron chi connectivity index (χ4n) is 3.99. The van der Waals surface area contributed by atoms with Gasteiger partial charge in [-0.2, -0.15) is 0 Å². The van der Waals surface area contributed by atoms with Crippen molar-refractivity contribution in [2.75, 3.05) is 0 Å². The monoisotopic (exact) mass is 381 g/mol. The van der Waals surface area contributed by atoms with Crippen LogP contribution in [0.15, 0.2) is 103 Å². The molecule has 0 saturated heterocycles. The number of carbonyl (C=O) groups excluding carboxylic acids is 1. The lowest BCUT2D eigenvalue weighted by molar-refractivity contribution is -0.305. The summed E-state index contributed by atoms with van der Waals surface area (Å²) in [5.74, 6) is -0.380. The first-order valence-corrected chi connectivity index (χ1v) is 9.62. The van der Waals surface area contributed by atoms with Crippen LogP contribution in [-0.2, 0) is 16.8 Å². The van der Waals surface area contributed by atoms with Gasteiger partial charge in [0.15, 0.2) is 0 Å². The van der Waals surface area contributed by atoms with Gasteiger partial charge in [0, 0.05) is 24.8 Å². The largest absolute Gasteiger partial charge is 0.550 e. The van der Waals surface area contributed by atoms with E-state index in [0.29, 0.717) is 12.2 Å².